The third-order valence-corrected chi connectivity index (χ3v) is 4.57. The minimum atomic E-state index is 0.478. The molecule has 106 valence electrons. The summed E-state index contributed by atoms with van der Waals surface area (Å²) in [6.45, 7) is 2.28. The Morgan fingerprint density at radius 2 is 2.00 bits per heavy atom. The number of anilines is 2. The van der Waals surface area contributed by atoms with Crippen LogP contribution in [0.4, 0.5) is 11.4 Å². The maximum Gasteiger partial charge on any atom is 0.0724 e. The van der Waals surface area contributed by atoms with E-state index in [4.69, 9.17) is 5.73 Å². The van der Waals surface area contributed by atoms with Gasteiger partial charge in [0.2, 0.25) is 0 Å². The van der Waals surface area contributed by atoms with Crippen LogP contribution in [0, 0.1) is 5.92 Å². The summed E-state index contributed by atoms with van der Waals surface area (Å²) in [5.41, 5.74) is 9.12. The fourth-order valence-corrected chi connectivity index (χ4v) is 3.30. The van der Waals surface area contributed by atoms with Crippen LogP contribution in [0.25, 0.3) is 10.9 Å². The normalized spacial score (nSPS) is 18.1. The van der Waals surface area contributed by atoms with E-state index in [-0.39, 0.29) is 0 Å². The molecule has 0 amide bonds. The van der Waals surface area contributed by atoms with Gasteiger partial charge in [-0.25, -0.2) is 0 Å². The molecule has 1 aromatic carbocycles. The molecule has 3 rings (SSSR count). The lowest BCUT2D eigenvalue weighted by molar-refractivity contribution is 0.328. The van der Waals surface area contributed by atoms with E-state index in [1.807, 2.05) is 18.2 Å². The highest BCUT2D eigenvalue weighted by atomic mass is 14.9. The van der Waals surface area contributed by atoms with Gasteiger partial charge in [0.15, 0.2) is 0 Å². The Kier molecular flexibility index (Phi) is 3.77. The molecule has 1 atom stereocenters. The number of aromatic nitrogens is 1. The number of fused-ring (bicyclic) bond motifs is 1. The van der Waals surface area contributed by atoms with Crippen molar-refractivity contribution in [2.45, 2.75) is 45.1 Å². The monoisotopic (exact) mass is 269 g/mol. The Bertz CT molecular complexity index is 588. The Hall–Kier alpha value is -1.77. The molecule has 2 aromatic rings. The fraction of sp³-hybridized carbons (Fsp3) is 0.471. The van der Waals surface area contributed by atoms with Gasteiger partial charge >= 0.3 is 0 Å². The van der Waals surface area contributed by atoms with E-state index < -0.39 is 0 Å². The second-order valence-electron chi connectivity index (χ2n) is 5.93. The van der Waals surface area contributed by atoms with Crippen molar-refractivity contribution in [2.75, 3.05) is 11.1 Å². The highest BCUT2D eigenvalue weighted by molar-refractivity contribution is 5.96. The third-order valence-electron chi connectivity index (χ3n) is 4.57. The first-order valence-corrected chi connectivity index (χ1v) is 7.65. The molecular weight excluding hydrogens is 246 g/mol. The first-order valence-electron chi connectivity index (χ1n) is 7.65. The number of nitrogens with two attached hydrogens (primary N) is 1. The number of nitrogens with zero attached hydrogens (tertiary/aromatic N) is 1. The minimum Gasteiger partial charge on any atom is -0.397 e. The van der Waals surface area contributed by atoms with Crippen LogP contribution < -0.4 is 11.1 Å². The molecule has 3 nitrogen and oxygen atoms in total. The van der Waals surface area contributed by atoms with Gasteiger partial charge in [0.25, 0.3) is 0 Å². The number of rotatable bonds is 3. The van der Waals surface area contributed by atoms with Crippen LogP contribution in [0.1, 0.15) is 39.0 Å². The average molecular weight is 269 g/mol. The number of hydrogen-bond donors (Lipinski definition) is 2. The van der Waals surface area contributed by atoms with Gasteiger partial charge < -0.3 is 11.1 Å². The second-order valence-corrected chi connectivity index (χ2v) is 5.93. The summed E-state index contributed by atoms with van der Waals surface area (Å²) in [4.78, 5) is 4.34. The Morgan fingerprint density at radius 3 is 2.80 bits per heavy atom. The molecule has 1 heterocycles. The van der Waals surface area contributed by atoms with Gasteiger partial charge in [-0.05, 0) is 49.9 Å². The zero-order chi connectivity index (χ0) is 13.9. The third kappa shape index (κ3) is 2.58. The first kappa shape index (κ1) is 13.2. The van der Waals surface area contributed by atoms with Gasteiger partial charge in [0.1, 0.15) is 0 Å². The summed E-state index contributed by atoms with van der Waals surface area (Å²) in [5.74, 6) is 0.771. The average Bonchev–Trinajstić information content (AvgIpc) is 2.51. The van der Waals surface area contributed by atoms with Gasteiger partial charge in [-0.3, -0.25) is 4.98 Å². The van der Waals surface area contributed by atoms with Crippen molar-refractivity contribution in [3.8, 4) is 0 Å². The van der Waals surface area contributed by atoms with E-state index in [2.05, 4.69) is 23.3 Å². The van der Waals surface area contributed by atoms with Gasteiger partial charge in [-0.1, -0.05) is 19.3 Å². The highest BCUT2D eigenvalue weighted by Crippen LogP contribution is 2.32. The highest BCUT2D eigenvalue weighted by Gasteiger charge is 2.20. The van der Waals surface area contributed by atoms with Crippen molar-refractivity contribution in [2.24, 2.45) is 5.92 Å². The lowest BCUT2D eigenvalue weighted by atomic mass is 9.84. The lowest BCUT2D eigenvalue weighted by Gasteiger charge is -2.29. The predicted octanol–water partition coefficient (Wildman–Crippen LogP) is 4.20. The molecule has 1 aliphatic rings. The molecule has 0 bridgehead atoms. The van der Waals surface area contributed by atoms with Gasteiger partial charge in [-0.15, -0.1) is 0 Å². The molecule has 1 aliphatic carbocycles. The van der Waals surface area contributed by atoms with Crippen molar-refractivity contribution in [1.82, 2.24) is 4.98 Å². The van der Waals surface area contributed by atoms with E-state index in [1.54, 1.807) is 6.20 Å². The summed E-state index contributed by atoms with van der Waals surface area (Å²) >= 11 is 0. The molecule has 1 fully saturated rings. The standard InChI is InChI=1S/C17H23N3/c1-12(13-6-3-2-4-7-13)20-16-10-9-15-14(17(16)18)8-5-11-19-15/h5,8-13,20H,2-4,6-7,18H2,1H3. The van der Waals surface area contributed by atoms with Gasteiger partial charge in [0.05, 0.1) is 16.9 Å². The van der Waals surface area contributed by atoms with Crippen LogP contribution in [-0.4, -0.2) is 11.0 Å². The molecule has 0 radical (unpaired) electrons. The number of pyridine rings is 1. The predicted molar refractivity (Wildman–Crippen MR) is 85.8 cm³/mol. The van der Waals surface area contributed by atoms with E-state index in [9.17, 15) is 0 Å². The molecule has 1 saturated carbocycles. The maximum atomic E-state index is 6.29. The first-order chi connectivity index (χ1) is 9.75. The zero-order valence-electron chi connectivity index (χ0n) is 12.1. The molecule has 0 saturated heterocycles. The largest absolute Gasteiger partial charge is 0.397 e. The van der Waals surface area contributed by atoms with Crippen molar-refractivity contribution < 1.29 is 0 Å². The topological polar surface area (TPSA) is 50.9 Å². The van der Waals surface area contributed by atoms with E-state index in [0.29, 0.717) is 6.04 Å². The molecule has 0 spiro atoms. The van der Waals surface area contributed by atoms with Crippen molar-refractivity contribution in [1.29, 1.82) is 0 Å². The van der Waals surface area contributed by atoms with E-state index in [1.165, 1.54) is 32.1 Å². The molecular formula is C17H23N3. The summed E-state index contributed by atoms with van der Waals surface area (Å²) in [6.07, 6.45) is 8.61. The van der Waals surface area contributed by atoms with Crippen LogP contribution in [0.5, 0.6) is 0 Å². The molecule has 20 heavy (non-hydrogen) atoms. The van der Waals surface area contributed by atoms with Crippen LogP contribution >= 0.6 is 0 Å². The lowest BCUT2D eigenvalue weighted by Crippen LogP contribution is -2.28. The smallest absolute Gasteiger partial charge is 0.0724 e. The molecule has 1 aromatic heterocycles. The molecule has 1 unspecified atom stereocenters. The summed E-state index contributed by atoms with van der Waals surface area (Å²) in [7, 11) is 0. The Balaban J connectivity index is 1.81. The number of hydrogen-bond acceptors (Lipinski definition) is 3. The second kappa shape index (κ2) is 5.70. The van der Waals surface area contributed by atoms with Crippen LogP contribution in [-0.2, 0) is 0 Å². The number of nitrogens with one attached hydrogen (secondary N) is 1. The minimum absolute atomic E-state index is 0.478. The van der Waals surface area contributed by atoms with Crippen molar-refractivity contribution in [3.63, 3.8) is 0 Å². The fourth-order valence-electron chi connectivity index (χ4n) is 3.30. The van der Waals surface area contributed by atoms with Crippen LogP contribution in [0.2, 0.25) is 0 Å². The van der Waals surface area contributed by atoms with E-state index in [0.717, 1.165) is 28.2 Å². The Labute approximate surface area is 120 Å². The SMILES string of the molecule is CC(Nc1ccc2ncccc2c1N)C1CCCCC1. The quantitative estimate of drug-likeness (QED) is 0.821. The summed E-state index contributed by atoms with van der Waals surface area (Å²) < 4.78 is 0. The number of benzene rings is 1. The zero-order valence-corrected chi connectivity index (χ0v) is 12.1. The molecule has 0 aliphatic heterocycles. The number of nitrogen functional groups attached to an aromatic ring is 1. The Morgan fingerprint density at radius 1 is 1.20 bits per heavy atom. The van der Waals surface area contributed by atoms with Crippen molar-refractivity contribution >= 4 is 22.3 Å². The van der Waals surface area contributed by atoms with Crippen molar-refractivity contribution in [3.05, 3.63) is 30.5 Å². The van der Waals surface area contributed by atoms with Gasteiger partial charge in [0, 0.05) is 17.6 Å². The van der Waals surface area contributed by atoms with Gasteiger partial charge in [-0.2, -0.15) is 0 Å². The summed E-state index contributed by atoms with van der Waals surface area (Å²) in [6, 6.07) is 8.55. The van der Waals surface area contributed by atoms with Crippen LogP contribution in [0.3, 0.4) is 0 Å². The van der Waals surface area contributed by atoms with E-state index >= 15 is 0 Å². The van der Waals surface area contributed by atoms with Crippen LogP contribution in [0.15, 0.2) is 30.5 Å². The molecule has 3 heteroatoms. The maximum absolute atomic E-state index is 6.29. The molecule has 3 N–H and O–H groups in total. The summed E-state index contributed by atoms with van der Waals surface area (Å²) in [5, 5.41) is 4.65.